The summed E-state index contributed by atoms with van der Waals surface area (Å²) >= 11 is 0. The lowest BCUT2D eigenvalue weighted by atomic mass is 10.0. The Balaban J connectivity index is 2.15. The lowest BCUT2D eigenvalue weighted by Crippen LogP contribution is -2.51. The van der Waals surface area contributed by atoms with Crippen LogP contribution in [-0.4, -0.2) is 41.9 Å². The van der Waals surface area contributed by atoms with E-state index in [1.807, 2.05) is 4.90 Å². The number of nitrogens with zero attached hydrogens (tertiary/aromatic N) is 1. The monoisotopic (exact) mass is 381 g/mol. The van der Waals surface area contributed by atoms with E-state index in [1.54, 1.807) is 6.92 Å². The molecule has 0 aliphatic carbocycles. The summed E-state index contributed by atoms with van der Waals surface area (Å²) in [5, 5.41) is 2.89. The Morgan fingerprint density at radius 3 is 2.19 bits per heavy atom. The van der Waals surface area contributed by atoms with Gasteiger partial charge in [-0.1, -0.05) is 64.7 Å². The van der Waals surface area contributed by atoms with Crippen LogP contribution in [0.4, 0.5) is 0 Å². The topological polar surface area (TPSA) is 75.4 Å². The minimum Gasteiger partial charge on any atom is -0.353 e. The molecule has 2 amide bonds. The van der Waals surface area contributed by atoms with Crippen LogP contribution >= 0.6 is 0 Å². The summed E-state index contributed by atoms with van der Waals surface area (Å²) in [4.78, 5) is 26.3. The fourth-order valence-electron chi connectivity index (χ4n) is 3.83. The van der Waals surface area contributed by atoms with Gasteiger partial charge in [-0.2, -0.15) is 0 Å². The number of amides is 2. The molecule has 1 saturated heterocycles. The SMILES string of the molecule is CCCCCCCCCCCCC(=O)N1CCCCC1CNC(=O)[C@H](C)N. The van der Waals surface area contributed by atoms with Crippen LogP contribution in [-0.2, 0) is 9.59 Å². The Labute approximate surface area is 166 Å². The van der Waals surface area contributed by atoms with Gasteiger partial charge in [0.25, 0.3) is 0 Å². The molecule has 0 aromatic heterocycles. The highest BCUT2D eigenvalue weighted by Crippen LogP contribution is 2.19. The summed E-state index contributed by atoms with van der Waals surface area (Å²) in [6.07, 6.45) is 16.6. The van der Waals surface area contributed by atoms with E-state index in [0.717, 1.165) is 38.6 Å². The van der Waals surface area contributed by atoms with E-state index >= 15 is 0 Å². The zero-order valence-electron chi connectivity index (χ0n) is 17.8. The first kappa shape index (κ1) is 23.9. The molecule has 0 aromatic rings. The first-order valence-electron chi connectivity index (χ1n) is 11.4. The molecule has 1 aliphatic rings. The smallest absolute Gasteiger partial charge is 0.236 e. The molecule has 1 fully saturated rings. The Bertz CT molecular complexity index is 412. The van der Waals surface area contributed by atoms with Gasteiger partial charge < -0.3 is 16.0 Å². The molecule has 2 atom stereocenters. The molecule has 1 heterocycles. The second-order valence-electron chi connectivity index (χ2n) is 8.20. The number of carbonyl (C=O) groups excluding carboxylic acids is 2. The van der Waals surface area contributed by atoms with Crippen LogP contribution in [0.1, 0.15) is 104 Å². The number of nitrogens with one attached hydrogen (secondary N) is 1. The van der Waals surface area contributed by atoms with Crippen molar-refractivity contribution in [2.24, 2.45) is 5.73 Å². The van der Waals surface area contributed by atoms with Crippen molar-refractivity contribution in [2.45, 2.75) is 116 Å². The number of piperidine rings is 1. The van der Waals surface area contributed by atoms with E-state index in [4.69, 9.17) is 5.73 Å². The molecule has 1 unspecified atom stereocenters. The standard InChI is InChI=1S/C22H43N3O2/c1-3-4-5-6-7-8-9-10-11-12-16-21(26)25-17-14-13-15-20(25)18-24-22(27)19(2)23/h19-20H,3-18,23H2,1-2H3,(H,24,27)/t19-,20?/m0/s1. The number of rotatable bonds is 14. The maximum absolute atomic E-state index is 12.6. The summed E-state index contributed by atoms with van der Waals surface area (Å²) in [5.74, 6) is 0.122. The van der Waals surface area contributed by atoms with Crippen molar-refractivity contribution in [1.29, 1.82) is 0 Å². The van der Waals surface area contributed by atoms with Gasteiger partial charge in [0.2, 0.25) is 11.8 Å². The van der Waals surface area contributed by atoms with Gasteiger partial charge in [0.1, 0.15) is 0 Å². The van der Waals surface area contributed by atoms with Crippen LogP contribution in [0.3, 0.4) is 0 Å². The van der Waals surface area contributed by atoms with E-state index in [-0.39, 0.29) is 17.9 Å². The van der Waals surface area contributed by atoms with Crippen molar-refractivity contribution < 1.29 is 9.59 Å². The molecule has 5 heteroatoms. The summed E-state index contributed by atoms with van der Waals surface area (Å²) in [7, 11) is 0. The number of hydrogen-bond donors (Lipinski definition) is 2. The molecule has 0 radical (unpaired) electrons. The summed E-state index contributed by atoms with van der Waals surface area (Å²) < 4.78 is 0. The third-order valence-electron chi connectivity index (χ3n) is 5.62. The highest BCUT2D eigenvalue weighted by molar-refractivity contribution is 5.81. The number of carbonyl (C=O) groups is 2. The Morgan fingerprint density at radius 2 is 1.59 bits per heavy atom. The fourth-order valence-corrected chi connectivity index (χ4v) is 3.83. The van der Waals surface area contributed by atoms with Gasteiger partial charge in [-0.3, -0.25) is 9.59 Å². The number of hydrogen-bond acceptors (Lipinski definition) is 3. The lowest BCUT2D eigenvalue weighted by molar-refractivity contribution is -0.135. The van der Waals surface area contributed by atoms with Gasteiger partial charge >= 0.3 is 0 Å². The van der Waals surface area contributed by atoms with E-state index in [9.17, 15) is 9.59 Å². The van der Waals surface area contributed by atoms with Gasteiger partial charge in [-0.05, 0) is 32.6 Å². The van der Waals surface area contributed by atoms with Gasteiger partial charge in [-0.25, -0.2) is 0 Å². The lowest BCUT2D eigenvalue weighted by Gasteiger charge is -2.36. The van der Waals surface area contributed by atoms with Gasteiger partial charge in [-0.15, -0.1) is 0 Å². The summed E-state index contributed by atoms with van der Waals surface area (Å²) in [6, 6.07) is -0.360. The number of likely N-dealkylation sites (tertiary alicyclic amines) is 1. The first-order valence-corrected chi connectivity index (χ1v) is 11.4. The minimum atomic E-state index is -0.496. The Hall–Kier alpha value is -1.10. The highest BCUT2D eigenvalue weighted by Gasteiger charge is 2.26. The maximum atomic E-state index is 12.6. The average molecular weight is 382 g/mol. The zero-order chi connectivity index (χ0) is 19.9. The van der Waals surface area contributed by atoms with Crippen LogP contribution in [0.25, 0.3) is 0 Å². The predicted molar refractivity (Wildman–Crippen MR) is 112 cm³/mol. The van der Waals surface area contributed by atoms with Crippen LogP contribution in [0, 0.1) is 0 Å². The van der Waals surface area contributed by atoms with Crippen LogP contribution < -0.4 is 11.1 Å². The van der Waals surface area contributed by atoms with E-state index in [0.29, 0.717) is 13.0 Å². The highest BCUT2D eigenvalue weighted by atomic mass is 16.2. The van der Waals surface area contributed by atoms with Crippen molar-refractivity contribution in [3.8, 4) is 0 Å². The molecular weight excluding hydrogens is 338 g/mol. The first-order chi connectivity index (χ1) is 13.1. The van der Waals surface area contributed by atoms with E-state index in [1.165, 1.54) is 51.4 Å². The van der Waals surface area contributed by atoms with Crippen molar-refractivity contribution in [3.05, 3.63) is 0 Å². The fraction of sp³-hybridized carbons (Fsp3) is 0.909. The predicted octanol–water partition coefficient (Wildman–Crippen LogP) is 4.14. The average Bonchev–Trinajstić information content (AvgIpc) is 2.67. The molecule has 27 heavy (non-hydrogen) atoms. The zero-order valence-corrected chi connectivity index (χ0v) is 17.8. The molecule has 3 N–H and O–H groups in total. The molecule has 0 spiro atoms. The third-order valence-corrected chi connectivity index (χ3v) is 5.62. The molecule has 0 aromatic carbocycles. The van der Waals surface area contributed by atoms with Gasteiger partial charge in [0, 0.05) is 25.6 Å². The molecule has 0 bridgehead atoms. The van der Waals surface area contributed by atoms with Gasteiger partial charge in [0.15, 0.2) is 0 Å². The largest absolute Gasteiger partial charge is 0.353 e. The normalized spacial score (nSPS) is 18.3. The van der Waals surface area contributed by atoms with Crippen LogP contribution in [0.2, 0.25) is 0 Å². The Kier molecular flexibility index (Phi) is 13.2. The van der Waals surface area contributed by atoms with Crippen molar-refractivity contribution in [2.75, 3.05) is 13.1 Å². The molecule has 0 saturated carbocycles. The third kappa shape index (κ3) is 10.7. The summed E-state index contributed by atoms with van der Waals surface area (Å²) in [5.41, 5.74) is 5.60. The second-order valence-corrected chi connectivity index (χ2v) is 8.20. The van der Waals surface area contributed by atoms with Crippen molar-refractivity contribution in [1.82, 2.24) is 10.2 Å². The maximum Gasteiger partial charge on any atom is 0.236 e. The van der Waals surface area contributed by atoms with Crippen LogP contribution in [0.5, 0.6) is 0 Å². The summed E-state index contributed by atoms with van der Waals surface area (Å²) in [6.45, 7) is 5.30. The number of nitrogens with two attached hydrogens (primary N) is 1. The second kappa shape index (κ2) is 14.9. The minimum absolute atomic E-state index is 0.136. The van der Waals surface area contributed by atoms with Crippen molar-refractivity contribution >= 4 is 11.8 Å². The van der Waals surface area contributed by atoms with Gasteiger partial charge in [0.05, 0.1) is 6.04 Å². The molecule has 158 valence electrons. The Morgan fingerprint density at radius 1 is 1.00 bits per heavy atom. The van der Waals surface area contributed by atoms with E-state index < -0.39 is 6.04 Å². The van der Waals surface area contributed by atoms with E-state index in [2.05, 4.69) is 12.2 Å². The molecular formula is C22H43N3O2. The van der Waals surface area contributed by atoms with Crippen LogP contribution in [0.15, 0.2) is 0 Å². The molecule has 1 aliphatic heterocycles. The molecule has 1 rings (SSSR count). The van der Waals surface area contributed by atoms with Crippen molar-refractivity contribution in [3.63, 3.8) is 0 Å². The quantitative estimate of drug-likeness (QED) is 0.444. The number of unbranched alkanes of at least 4 members (excludes halogenated alkanes) is 9. The molecule has 5 nitrogen and oxygen atoms in total.